The number of nitrogens with zero attached hydrogens (tertiary/aromatic N) is 2. The van der Waals surface area contributed by atoms with Crippen molar-refractivity contribution in [2.75, 3.05) is 0 Å². The molecular weight excluding hydrogens is 479 g/mol. The largest absolute Gasteiger partial charge is 0.400 e. The highest BCUT2D eigenvalue weighted by Crippen LogP contribution is 2.62. The lowest BCUT2D eigenvalue weighted by atomic mass is 10.1. The summed E-state index contributed by atoms with van der Waals surface area (Å²) < 4.78 is 39.6. The predicted molar refractivity (Wildman–Crippen MR) is 103 cm³/mol. The average Bonchev–Trinajstić information content (AvgIpc) is 2.98. The molecule has 1 atom stereocenters. The Kier molecular flexibility index (Phi) is 5.66. The van der Waals surface area contributed by atoms with Crippen molar-refractivity contribution in [1.29, 1.82) is 0 Å². The van der Waals surface area contributed by atoms with Crippen LogP contribution >= 0.6 is 34.9 Å². The summed E-state index contributed by atoms with van der Waals surface area (Å²) in [6, 6.07) is 7.23. The molecular formula is C16H13BrF2N3O4PS. The van der Waals surface area contributed by atoms with E-state index in [9.17, 15) is 18.1 Å². The molecule has 3 rings (SSSR count). The van der Waals surface area contributed by atoms with Gasteiger partial charge < -0.3 is 15.1 Å². The maximum absolute atomic E-state index is 14.1. The molecule has 2 heterocycles. The number of hydrogen-bond donors (Lipinski definition) is 3. The summed E-state index contributed by atoms with van der Waals surface area (Å²) in [4.78, 5) is 29.7. The summed E-state index contributed by atoms with van der Waals surface area (Å²) in [6.07, 6.45) is 1.51. The fourth-order valence-corrected chi connectivity index (χ4v) is 5.36. The van der Waals surface area contributed by atoms with E-state index < -0.39 is 30.1 Å². The van der Waals surface area contributed by atoms with Gasteiger partial charge in [0.1, 0.15) is 4.88 Å². The molecule has 1 aromatic carbocycles. The van der Waals surface area contributed by atoms with Crippen LogP contribution in [-0.2, 0) is 10.2 Å². The van der Waals surface area contributed by atoms with Crippen molar-refractivity contribution in [2.24, 2.45) is 0 Å². The second-order valence-corrected chi connectivity index (χ2v) is 9.38. The van der Waals surface area contributed by atoms with Crippen LogP contribution in [0.3, 0.4) is 0 Å². The van der Waals surface area contributed by atoms with Crippen LogP contribution in [0.1, 0.15) is 33.9 Å². The summed E-state index contributed by atoms with van der Waals surface area (Å²) in [6.45, 7) is 1.72. The van der Waals surface area contributed by atoms with E-state index in [1.54, 1.807) is 19.1 Å². The number of alkyl halides is 2. The zero-order valence-corrected chi connectivity index (χ0v) is 17.4. The van der Waals surface area contributed by atoms with E-state index in [-0.39, 0.29) is 15.4 Å². The van der Waals surface area contributed by atoms with E-state index >= 15 is 0 Å². The molecule has 0 aliphatic carbocycles. The predicted octanol–water partition coefficient (Wildman–Crippen LogP) is 4.17. The Morgan fingerprint density at radius 1 is 1.36 bits per heavy atom. The van der Waals surface area contributed by atoms with E-state index in [0.717, 1.165) is 0 Å². The zero-order valence-electron chi connectivity index (χ0n) is 14.1. The molecule has 0 radical (unpaired) electrons. The van der Waals surface area contributed by atoms with E-state index in [2.05, 4.69) is 31.4 Å². The Hall–Kier alpha value is -1.78. The van der Waals surface area contributed by atoms with Crippen molar-refractivity contribution in [1.82, 2.24) is 15.5 Å². The van der Waals surface area contributed by atoms with Gasteiger partial charge in [0.2, 0.25) is 0 Å². The summed E-state index contributed by atoms with van der Waals surface area (Å²) in [5.41, 5.74) is -3.58. The highest BCUT2D eigenvalue weighted by atomic mass is 79.9. The Bertz CT molecular complexity index is 1090. The number of carbonyl (C=O) groups excluding carboxylic acids is 1. The molecule has 12 heteroatoms. The third kappa shape index (κ3) is 3.85. The Morgan fingerprint density at radius 2 is 2.07 bits per heavy atom. The van der Waals surface area contributed by atoms with Crippen molar-refractivity contribution >= 4 is 50.9 Å². The van der Waals surface area contributed by atoms with Crippen molar-refractivity contribution in [3.63, 3.8) is 0 Å². The molecule has 0 unspecified atom stereocenters. The number of benzene rings is 1. The number of amides is 1. The molecule has 0 saturated carbocycles. The van der Waals surface area contributed by atoms with Crippen molar-refractivity contribution in [3.8, 4) is 0 Å². The van der Waals surface area contributed by atoms with Gasteiger partial charge in [-0.2, -0.15) is 19.0 Å². The number of fused-ring (bicyclic) bond motifs is 1. The second-order valence-electron chi connectivity index (χ2n) is 5.89. The highest BCUT2D eigenvalue weighted by Gasteiger charge is 2.53. The quantitative estimate of drug-likeness (QED) is 0.461. The molecule has 2 aromatic heterocycles. The standard InChI is InChI=1S/C16H13BrF2N3O4PS/c1-8(11-3-2-6-20-22-11)21-15(23)9-4-5-12-10(7-9)13(17)14(28-12)16(18,19)27(24,25)26/h2-8H,1H3,(H,21,23)(H2,24,25,26)/t8-/m1/s1. The summed E-state index contributed by atoms with van der Waals surface area (Å²) in [5.74, 6) is -0.457. The van der Waals surface area contributed by atoms with Gasteiger partial charge in [-0.15, -0.1) is 11.3 Å². The minimum absolute atomic E-state index is 0.155. The maximum atomic E-state index is 14.1. The zero-order chi connectivity index (χ0) is 20.7. The lowest BCUT2D eigenvalue weighted by molar-refractivity contribution is 0.0595. The van der Waals surface area contributed by atoms with Crippen LogP contribution in [0.5, 0.6) is 0 Å². The van der Waals surface area contributed by atoms with Crippen LogP contribution in [0.15, 0.2) is 41.0 Å². The number of carbonyl (C=O) groups is 1. The Balaban J connectivity index is 1.93. The van der Waals surface area contributed by atoms with Gasteiger partial charge in [-0.3, -0.25) is 9.36 Å². The monoisotopic (exact) mass is 491 g/mol. The van der Waals surface area contributed by atoms with Crippen LogP contribution in [0.2, 0.25) is 0 Å². The van der Waals surface area contributed by atoms with E-state index in [1.165, 1.54) is 24.4 Å². The minimum atomic E-state index is -5.70. The van der Waals surface area contributed by atoms with Gasteiger partial charge in [0.25, 0.3) is 5.91 Å². The smallest absolute Gasteiger partial charge is 0.344 e. The second kappa shape index (κ2) is 7.57. The number of rotatable bonds is 5. The molecule has 0 spiro atoms. The number of halogens is 3. The summed E-state index contributed by atoms with van der Waals surface area (Å²) in [7, 11) is -5.70. The highest BCUT2D eigenvalue weighted by molar-refractivity contribution is 9.10. The summed E-state index contributed by atoms with van der Waals surface area (Å²) >= 11 is 3.54. The first-order valence-corrected chi connectivity index (χ1v) is 11.0. The average molecular weight is 492 g/mol. The molecule has 148 valence electrons. The van der Waals surface area contributed by atoms with Crippen molar-refractivity contribution < 1.29 is 27.9 Å². The molecule has 1 amide bonds. The van der Waals surface area contributed by atoms with Crippen LogP contribution < -0.4 is 5.32 Å². The van der Waals surface area contributed by atoms with Gasteiger partial charge in [-0.05, 0) is 53.2 Å². The van der Waals surface area contributed by atoms with Gasteiger partial charge in [-0.1, -0.05) is 0 Å². The fraction of sp³-hybridized carbons (Fsp3) is 0.188. The van der Waals surface area contributed by atoms with Gasteiger partial charge in [0.15, 0.2) is 0 Å². The third-order valence-corrected chi connectivity index (χ3v) is 7.35. The van der Waals surface area contributed by atoms with E-state index in [4.69, 9.17) is 9.79 Å². The molecule has 0 bridgehead atoms. The molecule has 7 nitrogen and oxygen atoms in total. The van der Waals surface area contributed by atoms with Crippen LogP contribution in [-0.4, -0.2) is 25.9 Å². The molecule has 28 heavy (non-hydrogen) atoms. The van der Waals surface area contributed by atoms with Crippen LogP contribution in [0.25, 0.3) is 10.1 Å². The first-order chi connectivity index (χ1) is 13.0. The van der Waals surface area contributed by atoms with Gasteiger partial charge in [0.05, 0.1) is 11.7 Å². The van der Waals surface area contributed by atoms with Crippen LogP contribution in [0.4, 0.5) is 8.78 Å². The van der Waals surface area contributed by atoms with Gasteiger partial charge >= 0.3 is 13.3 Å². The van der Waals surface area contributed by atoms with Crippen molar-refractivity contribution in [2.45, 2.75) is 18.6 Å². The third-order valence-electron chi connectivity index (χ3n) is 3.91. The first-order valence-electron chi connectivity index (χ1n) is 7.77. The Labute approximate surface area is 170 Å². The number of thiophene rings is 1. The Morgan fingerprint density at radius 3 is 2.68 bits per heavy atom. The minimum Gasteiger partial charge on any atom is -0.344 e. The normalized spacial score (nSPS) is 13.5. The SMILES string of the molecule is C[C@@H](NC(=O)c1ccc2sc(C(F)(F)P(=O)(O)O)c(Br)c2c1)c1cccnn1. The first kappa shape index (κ1) is 20.9. The lowest BCUT2D eigenvalue weighted by Crippen LogP contribution is -2.27. The van der Waals surface area contributed by atoms with Crippen LogP contribution in [0, 0.1) is 0 Å². The van der Waals surface area contributed by atoms with Gasteiger partial charge in [0, 0.05) is 26.3 Å². The molecule has 3 aromatic rings. The molecule has 0 saturated heterocycles. The lowest BCUT2D eigenvalue weighted by Gasteiger charge is -2.16. The molecule has 0 fully saturated rings. The van der Waals surface area contributed by atoms with Gasteiger partial charge in [-0.25, -0.2) is 0 Å². The fourth-order valence-electron chi connectivity index (χ4n) is 2.43. The topological polar surface area (TPSA) is 112 Å². The van der Waals surface area contributed by atoms with E-state index in [1.807, 2.05) is 0 Å². The number of aromatic nitrogens is 2. The number of nitrogens with one attached hydrogen (secondary N) is 1. The maximum Gasteiger partial charge on any atom is 0.400 e. The summed E-state index contributed by atoms with van der Waals surface area (Å²) in [5, 5.41) is 10.6. The molecule has 0 aliphatic heterocycles. The molecule has 3 N–H and O–H groups in total. The number of hydrogen-bond acceptors (Lipinski definition) is 5. The molecule has 0 aliphatic rings. The van der Waals surface area contributed by atoms with Crippen molar-refractivity contribution in [3.05, 3.63) is 57.1 Å². The van der Waals surface area contributed by atoms with E-state index in [0.29, 0.717) is 21.7 Å².